The first kappa shape index (κ1) is 19.1. The molecule has 0 unspecified atom stereocenters. The van der Waals surface area contributed by atoms with Gasteiger partial charge in [-0.25, -0.2) is 0 Å². The number of aryl methyl sites for hydroxylation is 1. The molecule has 0 amide bonds. The first-order chi connectivity index (χ1) is 14.1. The Balaban J connectivity index is 2.02. The minimum absolute atomic E-state index is 0.624. The van der Waals surface area contributed by atoms with Gasteiger partial charge < -0.3 is 14.2 Å². The maximum atomic E-state index is 5.96. The zero-order valence-corrected chi connectivity index (χ0v) is 17.4. The number of hydrogen-bond donors (Lipinski definition) is 0. The second kappa shape index (κ2) is 8.04. The summed E-state index contributed by atoms with van der Waals surface area (Å²) in [7, 11) is 3.35. The van der Waals surface area contributed by atoms with Crippen molar-refractivity contribution in [2.45, 2.75) is 20.3 Å². The highest BCUT2D eigenvalue weighted by atomic mass is 16.5. The molecule has 0 fully saturated rings. The van der Waals surface area contributed by atoms with Gasteiger partial charge in [-0.15, -0.1) is 0 Å². The van der Waals surface area contributed by atoms with Crippen LogP contribution in [0.4, 0.5) is 0 Å². The molecule has 0 atom stereocenters. The minimum atomic E-state index is 0.624. The van der Waals surface area contributed by atoms with E-state index >= 15 is 0 Å². The maximum absolute atomic E-state index is 5.96. The Kier molecular flexibility index (Phi) is 5.30. The maximum Gasteiger partial charge on any atom is 0.161 e. The van der Waals surface area contributed by atoms with Gasteiger partial charge in [0.2, 0.25) is 0 Å². The number of ether oxygens (including phenoxy) is 3. The van der Waals surface area contributed by atoms with Crippen LogP contribution >= 0.6 is 0 Å². The van der Waals surface area contributed by atoms with Gasteiger partial charge in [-0.2, -0.15) is 0 Å². The van der Waals surface area contributed by atoms with Crippen LogP contribution in [0.15, 0.2) is 60.7 Å². The average Bonchev–Trinajstić information content (AvgIpc) is 2.74. The van der Waals surface area contributed by atoms with Gasteiger partial charge in [0.1, 0.15) is 5.75 Å². The van der Waals surface area contributed by atoms with Crippen LogP contribution in [0.1, 0.15) is 23.6 Å². The Hall–Kier alpha value is -3.20. The van der Waals surface area contributed by atoms with Crippen molar-refractivity contribution in [2.24, 2.45) is 0 Å². The van der Waals surface area contributed by atoms with Crippen molar-refractivity contribution in [3.05, 3.63) is 77.4 Å². The number of hydrogen-bond acceptors (Lipinski definition) is 3. The molecule has 0 radical (unpaired) electrons. The van der Waals surface area contributed by atoms with Crippen molar-refractivity contribution >= 4 is 21.5 Å². The molecule has 0 aromatic heterocycles. The minimum Gasteiger partial charge on any atom is -0.493 e. The third kappa shape index (κ3) is 3.61. The summed E-state index contributed by atoms with van der Waals surface area (Å²) in [5.41, 5.74) is 3.81. The average molecular weight is 386 g/mol. The van der Waals surface area contributed by atoms with Crippen LogP contribution in [0.2, 0.25) is 0 Å². The van der Waals surface area contributed by atoms with Crippen LogP contribution < -0.4 is 14.2 Å². The molecule has 0 bridgehead atoms. The molecule has 3 heteroatoms. The number of rotatable bonds is 6. The zero-order valence-electron chi connectivity index (χ0n) is 17.4. The van der Waals surface area contributed by atoms with Crippen molar-refractivity contribution in [1.29, 1.82) is 0 Å². The van der Waals surface area contributed by atoms with Gasteiger partial charge in [-0.3, -0.25) is 0 Å². The SMILES string of the molecule is CCOc1cccc2cc(Cc3ccc(C)cc3)c3cc(OC)c(OC)cc3c12. The van der Waals surface area contributed by atoms with Gasteiger partial charge in [0, 0.05) is 5.39 Å². The van der Waals surface area contributed by atoms with E-state index in [-0.39, 0.29) is 0 Å². The second-order valence-electron chi connectivity index (χ2n) is 7.24. The highest BCUT2D eigenvalue weighted by Crippen LogP contribution is 2.41. The van der Waals surface area contributed by atoms with Gasteiger partial charge in [0.15, 0.2) is 11.5 Å². The van der Waals surface area contributed by atoms with Gasteiger partial charge in [0.25, 0.3) is 0 Å². The Morgan fingerprint density at radius 1 is 0.759 bits per heavy atom. The highest BCUT2D eigenvalue weighted by Gasteiger charge is 2.15. The summed E-state index contributed by atoms with van der Waals surface area (Å²) in [5.74, 6) is 2.35. The van der Waals surface area contributed by atoms with Crippen molar-refractivity contribution in [3.63, 3.8) is 0 Å². The van der Waals surface area contributed by atoms with Crippen LogP contribution in [0.5, 0.6) is 17.2 Å². The Labute approximate surface area is 171 Å². The molecule has 0 saturated carbocycles. The normalized spacial score (nSPS) is 11.0. The van der Waals surface area contributed by atoms with Crippen molar-refractivity contribution in [2.75, 3.05) is 20.8 Å². The predicted octanol–water partition coefficient (Wildman–Crippen LogP) is 6.31. The monoisotopic (exact) mass is 386 g/mol. The van der Waals surface area contributed by atoms with Crippen molar-refractivity contribution in [1.82, 2.24) is 0 Å². The van der Waals surface area contributed by atoms with Crippen LogP contribution in [0.3, 0.4) is 0 Å². The van der Waals surface area contributed by atoms with E-state index in [0.717, 1.165) is 45.2 Å². The lowest BCUT2D eigenvalue weighted by Crippen LogP contribution is -1.97. The van der Waals surface area contributed by atoms with Crippen molar-refractivity contribution < 1.29 is 14.2 Å². The quantitative estimate of drug-likeness (QED) is 0.364. The molecule has 29 heavy (non-hydrogen) atoms. The van der Waals surface area contributed by atoms with E-state index in [0.29, 0.717) is 6.61 Å². The third-order valence-corrected chi connectivity index (χ3v) is 5.34. The Bertz CT molecular complexity index is 1160. The molecule has 4 aromatic rings. The summed E-state index contributed by atoms with van der Waals surface area (Å²) in [4.78, 5) is 0. The summed E-state index contributed by atoms with van der Waals surface area (Å²) >= 11 is 0. The molecular formula is C26H26O3. The first-order valence-corrected chi connectivity index (χ1v) is 9.93. The standard InChI is InChI=1S/C26H26O3/c1-5-29-23-8-6-7-19-14-20(13-18-11-9-17(2)10-12-18)21-15-24(27-3)25(28-4)16-22(21)26(19)23/h6-12,14-16H,5,13H2,1-4H3. The molecule has 0 aliphatic heterocycles. The lowest BCUT2D eigenvalue weighted by Gasteiger charge is -2.17. The summed E-state index contributed by atoms with van der Waals surface area (Å²) in [6.07, 6.45) is 0.848. The van der Waals surface area contributed by atoms with E-state index in [1.807, 2.05) is 13.0 Å². The second-order valence-corrected chi connectivity index (χ2v) is 7.24. The zero-order chi connectivity index (χ0) is 20.4. The van der Waals surface area contributed by atoms with Crippen LogP contribution in [-0.2, 0) is 6.42 Å². The Morgan fingerprint density at radius 3 is 2.10 bits per heavy atom. The smallest absolute Gasteiger partial charge is 0.161 e. The molecule has 3 nitrogen and oxygen atoms in total. The number of methoxy groups -OCH3 is 2. The predicted molar refractivity (Wildman–Crippen MR) is 120 cm³/mol. The van der Waals surface area contributed by atoms with Gasteiger partial charge in [0.05, 0.1) is 20.8 Å². The van der Waals surface area contributed by atoms with Crippen LogP contribution in [0, 0.1) is 6.92 Å². The Morgan fingerprint density at radius 2 is 1.45 bits per heavy atom. The van der Waals surface area contributed by atoms with Gasteiger partial charge in [-0.05, 0) is 65.8 Å². The van der Waals surface area contributed by atoms with Crippen molar-refractivity contribution in [3.8, 4) is 17.2 Å². The highest BCUT2D eigenvalue weighted by molar-refractivity contribution is 6.13. The molecule has 0 spiro atoms. The molecule has 0 aliphatic carbocycles. The van der Waals surface area contributed by atoms with E-state index in [2.05, 4.69) is 61.5 Å². The summed E-state index contributed by atoms with van der Waals surface area (Å²) < 4.78 is 17.2. The first-order valence-electron chi connectivity index (χ1n) is 9.93. The molecule has 148 valence electrons. The fourth-order valence-electron chi connectivity index (χ4n) is 3.92. The van der Waals surface area contributed by atoms with E-state index < -0.39 is 0 Å². The lowest BCUT2D eigenvalue weighted by atomic mass is 9.92. The summed E-state index contributed by atoms with van der Waals surface area (Å²) in [5, 5.41) is 4.55. The lowest BCUT2D eigenvalue weighted by molar-refractivity contribution is 0.344. The molecular weight excluding hydrogens is 360 g/mol. The number of benzene rings is 4. The van der Waals surface area contributed by atoms with E-state index in [4.69, 9.17) is 14.2 Å². The molecule has 0 aliphatic rings. The van der Waals surface area contributed by atoms with Crippen LogP contribution in [-0.4, -0.2) is 20.8 Å². The molecule has 0 heterocycles. The van der Waals surface area contributed by atoms with E-state index in [1.54, 1.807) is 14.2 Å². The number of fused-ring (bicyclic) bond motifs is 3. The summed E-state index contributed by atoms with van der Waals surface area (Å²) in [6, 6.07) is 21.4. The van der Waals surface area contributed by atoms with Gasteiger partial charge >= 0.3 is 0 Å². The molecule has 0 N–H and O–H groups in total. The molecule has 0 saturated heterocycles. The van der Waals surface area contributed by atoms with Crippen LogP contribution in [0.25, 0.3) is 21.5 Å². The topological polar surface area (TPSA) is 27.7 Å². The van der Waals surface area contributed by atoms with Gasteiger partial charge in [-0.1, -0.05) is 48.0 Å². The third-order valence-electron chi connectivity index (χ3n) is 5.34. The molecule has 4 aromatic carbocycles. The van der Waals surface area contributed by atoms with E-state index in [9.17, 15) is 0 Å². The molecule has 4 rings (SSSR count). The van der Waals surface area contributed by atoms with E-state index in [1.165, 1.54) is 16.7 Å². The largest absolute Gasteiger partial charge is 0.493 e. The summed E-state index contributed by atoms with van der Waals surface area (Å²) in [6.45, 7) is 4.75. The fraction of sp³-hybridized carbons (Fsp3) is 0.231. The fourth-order valence-corrected chi connectivity index (χ4v) is 3.92.